The van der Waals surface area contributed by atoms with Gasteiger partial charge in [-0.1, -0.05) is 13.8 Å². The molecule has 0 unspecified atom stereocenters. The van der Waals surface area contributed by atoms with Gasteiger partial charge in [0.2, 0.25) is 5.96 Å². The van der Waals surface area contributed by atoms with E-state index in [-0.39, 0.29) is 11.3 Å². The Morgan fingerprint density at radius 1 is 1.11 bits per heavy atom. The molecule has 8 heteroatoms. The zero-order valence-corrected chi connectivity index (χ0v) is 23.2. The van der Waals surface area contributed by atoms with Crippen LogP contribution in [0.15, 0.2) is 10.1 Å². The van der Waals surface area contributed by atoms with E-state index in [0.29, 0.717) is 48.3 Å². The molecule has 4 saturated carbocycles. The zero-order chi connectivity index (χ0) is 26.0. The van der Waals surface area contributed by atoms with Crippen LogP contribution in [0.25, 0.3) is 0 Å². The minimum atomic E-state index is -0.611. The van der Waals surface area contributed by atoms with Gasteiger partial charge in [0.1, 0.15) is 0 Å². The van der Waals surface area contributed by atoms with E-state index in [2.05, 4.69) is 34.3 Å². The lowest BCUT2D eigenvalue weighted by molar-refractivity contribution is -0.207. The summed E-state index contributed by atoms with van der Waals surface area (Å²) in [5, 5.41) is 16.8. The summed E-state index contributed by atoms with van der Waals surface area (Å²) in [7, 11) is 4.04. The van der Waals surface area contributed by atoms with Gasteiger partial charge in [-0.3, -0.25) is 4.99 Å². The third-order valence-electron chi connectivity index (χ3n) is 10.8. The van der Waals surface area contributed by atoms with Crippen molar-refractivity contribution in [2.24, 2.45) is 56.1 Å². The number of hydrogen-bond acceptors (Lipinski definition) is 6. The number of aliphatic hydroxyl groups is 1. The largest absolute Gasteiger partial charge is 0.389 e. The first-order valence-electron chi connectivity index (χ1n) is 14.4. The van der Waals surface area contributed by atoms with Crippen LogP contribution in [0.5, 0.6) is 0 Å². The van der Waals surface area contributed by atoms with E-state index in [1.807, 2.05) is 20.3 Å². The molecule has 0 amide bonds. The van der Waals surface area contributed by atoms with Gasteiger partial charge in [0, 0.05) is 30.7 Å². The van der Waals surface area contributed by atoms with E-state index >= 15 is 0 Å². The Hall–Kier alpha value is -1.22. The predicted molar refractivity (Wildman–Crippen MR) is 147 cm³/mol. The second-order valence-electron chi connectivity index (χ2n) is 12.9. The number of hydrogen-bond donors (Lipinski definition) is 4. The second-order valence-corrected chi connectivity index (χ2v) is 12.9. The van der Waals surface area contributed by atoms with Crippen molar-refractivity contribution in [3.8, 4) is 0 Å². The van der Waals surface area contributed by atoms with Crippen LogP contribution in [0.2, 0.25) is 0 Å². The zero-order valence-electron chi connectivity index (χ0n) is 23.2. The Kier molecular flexibility index (Phi) is 8.70. The quantitative estimate of drug-likeness (QED) is 0.166. The fourth-order valence-corrected chi connectivity index (χ4v) is 8.55. The fourth-order valence-electron chi connectivity index (χ4n) is 8.55. The average molecular weight is 505 g/mol. The predicted octanol–water partition coefficient (Wildman–Crippen LogP) is 2.95. The van der Waals surface area contributed by atoms with E-state index in [4.69, 9.17) is 16.2 Å². The van der Waals surface area contributed by atoms with E-state index < -0.39 is 5.60 Å². The fraction of sp³-hybridized carbons (Fsp3) is 0.929. The minimum Gasteiger partial charge on any atom is -0.389 e. The van der Waals surface area contributed by atoms with Gasteiger partial charge >= 0.3 is 0 Å². The molecule has 36 heavy (non-hydrogen) atoms. The topological polar surface area (TPSA) is 121 Å². The molecular weight excluding hydrogens is 452 g/mol. The Morgan fingerprint density at radius 3 is 2.67 bits per heavy atom. The van der Waals surface area contributed by atoms with Gasteiger partial charge in [0.25, 0.3) is 0 Å². The van der Waals surface area contributed by atoms with E-state index in [1.165, 1.54) is 25.7 Å². The second kappa shape index (κ2) is 11.3. The lowest BCUT2D eigenvalue weighted by Gasteiger charge is -2.63. The third kappa shape index (κ3) is 5.20. The van der Waals surface area contributed by atoms with Crippen LogP contribution < -0.4 is 16.9 Å². The van der Waals surface area contributed by atoms with Crippen molar-refractivity contribution in [1.29, 1.82) is 0 Å². The molecule has 0 bridgehead atoms. The van der Waals surface area contributed by atoms with Crippen molar-refractivity contribution < 1.29 is 9.84 Å². The maximum absolute atomic E-state index is 12.3. The van der Waals surface area contributed by atoms with Crippen molar-refractivity contribution in [2.75, 3.05) is 40.3 Å². The summed E-state index contributed by atoms with van der Waals surface area (Å²) in [6.07, 6.45) is 13.4. The number of nitrogens with zero attached hydrogens (tertiary/aromatic N) is 3. The highest BCUT2D eigenvalue weighted by Gasteiger charge is 2.66. The molecule has 0 aromatic heterocycles. The van der Waals surface area contributed by atoms with Crippen LogP contribution in [-0.2, 0) is 4.74 Å². The molecule has 0 spiro atoms. The van der Waals surface area contributed by atoms with Crippen LogP contribution in [0.4, 0.5) is 0 Å². The minimum absolute atomic E-state index is 0.137. The number of aliphatic imine (C=N–C) groups is 1. The van der Waals surface area contributed by atoms with Crippen LogP contribution in [0.1, 0.15) is 78.1 Å². The first kappa shape index (κ1) is 27.8. The van der Waals surface area contributed by atoms with Crippen LogP contribution in [0, 0.1) is 34.5 Å². The molecule has 0 heterocycles. The number of likely N-dealkylation sites (N-methyl/N-ethyl adjacent to an activating group) is 1. The highest BCUT2D eigenvalue weighted by molar-refractivity contribution is 5.78. The smallest absolute Gasteiger partial charge is 0.209 e. The van der Waals surface area contributed by atoms with Gasteiger partial charge < -0.3 is 26.2 Å². The lowest BCUT2D eigenvalue weighted by Crippen LogP contribution is -2.62. The lowest BCUT2D eigenvalue weighted by atomic mass is 9.43. The van der Waals surface area contributed by atoms with E-state index in [1.54, 1.807) is 0 Å². The standard InChI is InChI=1S/C28H52N6O2/c1-26-11-9-22(36-17-5-14-29)18-20(26)6-7-24-23(26)10-12-27(2)21(8-13-28(24,27)35)19-32-33-25(30)31-15-16-34(3)4/h19-24,35H,5-18,29H2,1-4H3,(H3,30,31,33)/b32-19+/t20-,21-,22+,23+,24-,26+,27-,28+/m1/s1. The van der Waals surface area contributed by atoms with Gasteiger partial charge in [-0.15, -0.1) is 0 Å². The van der Waals surface area contributed by atoms with Gasteiger partial charge in [-0.2, -0.15) is 5.10 Å². The molecule has 4 aliphatic rings. The summed E-state index contributed by atoms with van der Waals surface area (Å²) in [4.78, 5) is 6.41. The molecule has 6 N–H and O–H groups in total. The molecule has 8 atom stereocenters. The van der Waals surface area contributed by atoms with E-state index in [0.717, 1.165) is 51.7 Å². The monoisotopic (exact) mass is 504 g/mol. The molecule has 0 aromatic rings. The van der Waals surface area contributed by atoms with Crippen molar-refractivity contribution in [3.63, 3.8) is 0 Å². The van der Waals surface area contributed by atoms with Crippen molar-refractivity contribution >= 4 is 12.2 Å². The Balaban J connectivity index is 1.40. The first-order chi connectivity index (χ1) is 17.1. The summed E-state index contributed by atoms with van der Waals surface area (Å²) < 4.78 is 6.19. The van der Waals surface area contributed by atoms with Crippen molar-refractivity contribution in [3.05, 3.63) is 0 Å². The van der Waals surface area contributed by atoms with Crippen LogP contribution in [0.3, 0.4) is 0 Å². The number of rotatable bonds is 9. The average Bonchev–Trinajstić information content (AvgIpc) is 3.10. The maximum Gasteiger partial charge on any atom is 0.209 e. The van der Waals surface area contributed by atoms with Crippen LogP contribution >= 0.6 is 0 Å². The van der Waals surface area contributed by atoms with Crippen molar-refractivity contribution in [1.82, 2.24) is 10.3 Å². The molecule has 0 aliphatic heterocycles. The molecule has 0 saturated heterocycles. The van der Waals surface area contributed by atoms with Crippen LogP contribution in [-0.4, -0.2) is 74.2 Å². The Morgan fingerprint density at radius 2 is 1.92 bits per heavy atom. The summed E-state index contributed by atoms with van der Waals surface area (Å²) in [6, 6.07) is 0. The number of nitrogens with two attached hydrogens (primary N) is 2. The van der Waals surface area contributed by atoms with Gasteiger partial charge in [-0.05, 0) is 108 Å². The third-order valence-corrected chi connectivity index (χ3v) is 10.8. The maximum atomic E-state index is 12.3. The number of guanidine groups is 1. The van der Waals surface area contributed by atoms with Crippen molar-refractivity contribution in [2.45, 2.75) is 89.8 Å². The molecule has 4 aliphatic carbocycles. The highest BCUT2D eigenvalue weighted by atomic mass is 16.5. The van der Waals surface area contributed by atoms with Gasteiger partial charge in [0.15, 0.2) is 0 Å². The normalized spacial score (nSPS) is 42.9. The van der Waals surface area contributed by atoms with Gasteiger partial charge in [-0.25, -0.2) is 5.43 Å². The number of nitrogens with one attached hydrogen (secondary N) is 1. The molecule has 8 nitrogen and oxygen atoms in total. The summed E-state index contributed by atoms with van der Waals surface area (Å²) >= 11 is 0. The summed E-state index contributed by atoms with van der Waals surface area (Å²) in [6.45, 7) is 7.84. The molecule has 206 valence electrons. The Labute approximate surface area is 218 Å². The first-order valence-corrected chi connectivity index (χ1v) is 14.4. The highest BCUT2D eigenvalue weighted by Crippen LogP contribution is 2.68. The molecule has 0 aromatic carbocycles. The Bertz CT molecular complexity index is 805. The van der Waals surface area contributed by atoms with E-state index in [9.17, 15) is 5.11 Å². The summed E-state index contributed by atoms with van der Waals surface area (Å²) in [5.41, 5.74) is 14.1. The SMILES string of the molecule is CN(C)CCN=C(N)N/N=C/[C@H]1CC[C@]2(O)[C@@H]3CC[C@@H]4C[C@@H](OCCCN)CC[C@]4(C)[C@H]3CC[C@]12C. The number of ether oxygens (including phenoxy) is 1. The number of hydrazone groups is 1. The molecule has 4 fully saturated rings. The molecular formula is C28H52N6O2. The van der Waals surface area contributed by atoms with Gasteiger partial charge in [0.05, 0.1) is 18.2 Å². The molecule has 4 rings (SSSR count). The summed E-state index contributed by atoms with van der Waals surface area (Å²) in [5.74, 6) is 2.30. The number of fused-ring (bicyclic) bond motifs is 5. The molecule has 0 radical (unpaired) electrons.